The Balaban J connectivity index is 1.87. The SMILES string of the molecule is CCN1CCN(c2cn(S(=O)(=O)c3ccccc3Br)c3ccc(OC)cc23)CC1. The molecule has 4 rings (SSSR count). The highest BCUT2D eigenvalue weighted by molar-refractivity contribution is 9.10. The number of fused-ring (bicyclic) bond motifs is 1. The molecule has 0 atom stereocenters. The summed E-state index contributed by atoms with van der Waals surface area (Å²) in [4.78, 5) is 4.91. The second-order valence-corrected chi connectivity index (χ2v) is 9.69. The van der Waals surface area contributed by atoms with E-state index in [1.54, 1.807) is 43.6 Å². The molecule has 1 aliphatic heterocycles. The summed E-state index contributed by atoms with van der Waals surface area (Å²) in [7, 11) is -2.14. The fourth-order valence-corrected chi connectivity index (χ4v) is 6.14. The van der Waals surface area contributed by atoms with Crippen LogP contribution < -0.4 is 9.64 Å². The molecule has 2 heterocycles. The molecule has 0 radical (unpaired) electrons. The number of aromatic nitrogens is 1. The summed E-state index contributed by atoms with van der Waals surface area (Å²) in [5.74, 6) is 0.710. The smallest absolute Gasteiger partial charge is 0.269 e. The summed E-state index contributed by atoms with van der Waals surface area (Å²) < 4.78 is 34.3. The molecule has 8 heteroatoms. The van der Waals surface area contributed by atoms with Crippen molar-refractivity contribution in [3.63, 3.8) is 0 Å². The Hall–Kier alpha value is -2.03. The van der Waals surface area contributed by atoms with E-state index in [2.05, 4.69) is 32.7 Å². The lowest BCUT2D eigenvalue weighted by molar-refractivity contribution is 0.271. The highest BCUT2D eigenvalue weighted by Crippen LogP contribution is 2.36. The average molecular weight is 478 g/mol. The number of piperazine rings is 1. The van der Waals surface area contributed by atoms with Crippen LogP contribution in [0.25, 0.3) is 10.9 Å². The van der Waals surface area contributed by atoms with E-state index in [1.165, 1.54) is 3.97 Å². The van der Waals surface area contributed by atoms with E-state index in [1.807, 2.05) is 12.1 Å². The van der Waals surface area contributed by atoms with Crippen LogP contribution in [0, 0.1) is 0 Å². The number of ether oxygens (including phenoxy) is 1. The van der Waals surface area contributed by atoms with Gasteiger partial charge in [-0.15, -0.1) is 0 Å². The molecule has 0 spiro atoms. The topological polar surface area (TPSA) is 54.8 Å². The van der Waals surface area contributed by atoms with Gasteiger partial charge in [0.1, 0.15) is 10.6 Å². The minimum atomic E-state index is -3.76. The molecule has 154 valence electrons. The van der Waals surface area contributed by atoms with Gasteiger partial charge in [-0.3, -0.25) is 0 Å². The lowest BCUT2D eigenvalue weighted by Crippen LogP contribution is -2.46. The van der Waals surface area contributed by atoms with Crippen LogP contribution in [0.5, 0.6) is 5.75 Å². The first-order chi connectivity index (χ1) is 14.0. The van der Waals surface area contributed by atoms with Gasteiger partial charge < -0.3 is 14.5 Å². The van der Waals surface area contributed by atoms with Crippen LogP contribution in [-0.4, -0.2) is 57.1 Å². The molecular weight excluding hydrogens is 454 g/mol. The van der Waals surface area contributed by atoms with Crippen LogP contribution in [0.15, 0.2) is 58.0 Å². The van der Waals surface area contributed by atoms with Crippen LogP contribution in [0.3, 0.4) is 0 Å². The minimum absolute atomic E-state index is 0.245. The number of hydrogen-bond donors (Lipinski definition) is 0. The van der Waals surface area contributed by atoms with E-state index in [0.29, 0.717) is 15.7 Å². The second-order valence-electron chi connectivity index (χ2n) is 7.05. The van der Waals surface area contributed by atoms with Gasteiger partial charge in [0.25, 0.3) is 10.0 Å². The predicted octanol–water partition coefficient (Wildman–Crippen LogP) is 3.79. The van der Waals surface area contributed by atoms with Gasteiger partial charge in [0.2, 0.25) is 0 Å². The number of nitrogens with zero attached hydrogens (tertiary/aromatic N) is 3. The van der Waals surface area contributed by atoms with Crippen LogP contribution in [-0.2, 0) is 10.0 Å². The van der Waals surface area contributed by atoms with Gasteiger partial charge in [-0.25, -0.2) is 12.4 Å². The first-order valence-electron chi connectivity index (χ1n) is 9.62. The zero-order valence-electron chi connectivity index (χ0n) is 16.5. The number of rotatable bonds is 5. The number of likely N-dealkylation sites (N-methyl/N-ethyl adjacent to an activating group) is 1. The normalized spacial score (nSPS) is 15.8. The maximum atomic E-state index is 13.5. The number of anilines is 1. The van der Waals surface area contributed by atoms with Crippen molar-refractivity contribution in [1.82, 2.24) is 8.87 Å². The van der Waals surface area contributed by atoms with Crippen molar-refractivity contribution in [2.24, 2.45) is 0 Å². The number of methoxy groups -OCH3 is 1. The van der Waals surface area contributed by atoms with Crippen molar-refractivity contribution in [2.45, 2.75) is 11.8 Å². The number of hydrogen-bond acceptors (Lipinski definition) is 5. The monoisotopic (exact) mass is 477 g/mol. The predicted molar refractivity (Wildman–Crippen MR) is 120 cm³/mol. The van der Waals surface area contributed by atoms with Gasteiger partial charge in [-0.1, -0.05) is 19.1 Å². The van der Waals surface area contributed by atoms with Gasteiger partial charge in [0.05, 0.1) is 18.3 Å². The maximum absolute atomic E-state index is 13.5. The number of benzene rings is 2. The summed E-state index contributed by atoms with van der Waals surface area (Å²) in [6, 6.07) is 12.4. The Morgan fingerprint density at radius 1 is 1.07 bits per heavy atom. The van der Waals surface area contributed by atoms with Crippen LogP contribution in [0.1, 0.15) is 6.92 Å². The first-order valence-corrected chi connectivity index (χ1v) is 11.9. The lowest BCUT2D eigenvalue weighted by atomic mass is 10.2. The molecule has 0 unspecified atom stereocenters. The maximum Gasteiger partial charge on any atom is 0.269 e. The van der Waals surface area contributed by atoms with Crippen LogP contribution in [0.4, 0.5) is 5.69 Å². The molecule has 1 fully saturated rings. The molecule has 29 heavy (non-hydrogen) atoms. The number of halogens is 1. The second kappa shape index (κ2) is 8.01. The third-order valence-corrected chi connectivity index (χ3v) is 8.18. The molecule has 1 aliphatic rings. The highest BCUT2D eigenvalue weighted by atomic mass is 79.9. The molecule has 0 aliphatic carbocycles. The van der Waals surface area contributed by atoms with Crippen molar-refractivity contribution in [1.29, 1.82) is 0 Å². The van der Waals surface area contributed by atoms with E-state index >= 15 is 0 Å². The van der Waals surface area contributed by atoms with Gasteiger partial charge >= 0.3 is 0 Å². The zero-order valence-corrected chi connectivity index (χ0v) is 18.9. The minimum Gasteiger partial charge on any atom is -0.497 e. The van der Waals surface area contributed by atoms with Gasteiger partial charge in [-0.2, -0.15) is 0 Å². The summed E-state index contributed by atoms with van der Waals surface area (Å²) in [5, 5.41) is 0.880. The Kier molecular flexibility index (Phi) is 5.59. The zero-order chi connectivity index (χ0) is 20.6. The Morgan fingerprint density at radius 3 is 2.45 bits per heavy atom. The summed E-state index contributed by atoms with van der Waals surface area (Å²) in [6.07, 6.45) is 1.75. The van der Waals surface area contributed by atoms with E-state index in [0.717, 1.165) is 43.8 Å². The molecule has 0 bridgehead atoms. The summed E-state index contributed by atoms with van der Waals surface area (Å²) >= 11 is 3.39. The summed E-state index contributed by atoms with van der Waals surface area (Å²) in [6.45, 7) is 6.84. The molecule has 0 saturated carbocycles. The van der Waals surface area contributed by atoms with Crippen molar-refractivity contribution in [3.05, 3.63) is 53.1 Å². The van der Waals surface area contributed by atoms with Crippen LogP contribution in [0.2, 0.25) is 0 Å². The first kappa shape index (κ1) is 20.3. The molecule has 2 aromatic carbocycles. The molecule has 6 nitrogen and oxygen atoms in total. The average Bonchev–Trinajstić information content (AvgIpc) is 3.13. The van der Waals surface area contributed by atoms with Crippen molar-refractivity contribution in [2.75, 3.05) is 44.7 Å². The fraction of sp³-hybridized carbons (Fsp3) is 0.333. The quantitative estimate of drug-likeness (QED) is 0.559. The van der Waals surface area contributed by atoms with Crippen LogP contribution >= 0.6 is 15.9 Å². The Morgan fingerprint density at radius 2 is 1.79 bits per heavy atom. The molecule has 0 amide bonds. The fourth-order valence-electron chi connectivity index (χ4n) is 3.81. The van der Waals surface area contributed by atoms with Crippen molar-refractivity contribution < 1.29 is 13.2 Å². The van der Waals surface area contributed by atoms with Gasteiger partial charge in [-0.05, 0) is 52.8 Å². The molecular formula is C21H24BrN3O3S. The lowest BCUT2D eigenvalue weighted by Gasteiger charge is -2.35. The highest BCUT2D eigenvalue weighted by Gasteiger charge is 2.26. The van der Waals surface area contributed by atoms with E-state index in [4.69, 9.17) is 4.74 Å². The van der Waals surface area contributed by atoms with Gasteiger partial charge in [0.15, 0.2) is 0 Å². The third kappa shape index (κ3) is 3.65. The van der Waals surface area contributed by atoms with Crippen molar-refractivity contribution in [3.8, 4) is 5.75 Å². The van der Waals surface area contributed by atoms with E-state index in [-0.39, 0.29) is 4.90 Å². The van der Waals surface area contributed by atoms with Crippen molar-refractivity contribution >= 4 is 42.5 Å². The van der Waals surface area contributed by atoms with E-state index in [9.17, 15) is 8.42 Å². The van der Waals surface area contributed by atoms with Gasteiger partial charge in [0, 0.05) is 42.2 Å². The largest absolute Gasteiger partial charge is 0.497 e. The standard InChI is InChI=1S/C21H24BrN3O3S/c1-3-23-10-12-24(13-11-23)20-15-25(19-9-8-16(28-2)14-17(19)20)29(26,27)21-7-5-4-6-18(21)22/h4-9,14-15H,3,10-13H2,1-2H3. The summed E-state index contributed by atoms with van der Waals surface area (Å²) in [5.41, 5.74) is 1.57. The van der Waals surface area contributed by atoms with E-state index < -0.39 is 10.0 Å². The molecule has 1 saturated heterocycles. The molecule has 1 aromatic heterocycles. The molecule has 3 aromatic rings. The third-order valence-electron chi connectivity index (χ3n) is 5.49. The Bertz CT molecular complexity index is 1140. The Labute approximate surface area is 179 Å². The molecule has 0 N–H and O–H groups in total.